The fourth-order valence-corrected chi connectivity index (χ4v) is 7.01. The molecule has 0 saturated heterocycles. The van der Waals surface area contributed by atoms with Crippen molar-refractivity contribution in [1.29, 1.82) is 0 Å². The molecule has 0 aliphatic rings. The fourth-order valence-electron chi connectivity index (χ4n) is 0.856. The van der Waals surface area contributed by atoms with Crippen molar-refractivity contribution in [3.63, 3.8) is 0 Å². The van der Waals surface area contributed by atoms with Gasteiger partial charge in [0, 0.05) is 6.54 Å². The minimum atomic E-state index is -3.62. The van der Waals surface area contributed by atoms with Crippen molar-refractivity contribution in [1.82, 2.24) is 0 Å². The standard InChI is InChI=1S/C4H11NO.4C2H5O.Ta/c1-4(2,6)3-5;4*1-2-3;/h6H,3,5H2,1-2H3;4*2H2,1H3;/q;4*-1;+4. The van der Waals surface area contributed by atoms with E-state index < -0.39 is 24.3 Å². The van der Waals surface area contributed by atoms with Crippen molar-refractivity contribution < 1.29 is 36.8 Å². The average Bonchev–Trinajstić information content (AvgIpc) is 2.30. The van der Waals surface area contributed by atoms with Gasteiger partial charge in [0.15, 0.2) is 0 Å². The van der Waals surface area contributed by atoms with Gasteiger partial charge < -0.3 is 10.8 Å². The van der Waals surface area contributed by atoms with Gasteiger partial charge in [0.2, 0.25) is 0 Å². The van der Waals surface area contributed by atoms with Gasteiger partial charge in [-0.15, -0.1) is 0 Å². The number of hydrogen-bond donors (Lipinski definition) is 2. The third kappa shape index (κ3) is 13.2. The second kappa shape index (κ2) is 12.3. The van der Waals surface area contributed by atoms with Gasteiger partial charge in [-0.25, -0.2) is 0 Å². The first-order valence-corrected chi connectivity index (χ1v) is 11.9. The molecule has 19 heavy (non-hydrogen) atoms. The number of aliphatic hydroxyl groups is 1. The van der Waals surface area contributed by atoms with E-state index in [-0.39, 0.29) is 0 Å². The molecule has 0 amide bonds. The van der Waals surface area contributed by atoms with Crippen molar-refractivity contribution in [2.24, 2.45) is 5.73 Å². The molecule has 0 unspecified atom stereocenters. The van der Waals surface area contributed by atoms with Gasteiger partial charge in [-0.05, 0) is 13.8 Å². The van der Waals surface area contributed by atoms with Gasteiger partial charge in [-0.3, -0.25) is 0 Å². The van der Waals surface area contributed by atoms with Crippen molar-refractivity contribution in [2.75, 3.05) is 33.0 Å². The van der Waals surface area contributed by atoms with Crippen LogP contribution in [0.5, 0.6) is 0 Å². The third-order valence-corrected chi connectivity index (χ3v) is 9.90. The zero-order valence-corrected chi connectivity index (χ0v) is 16.4. The van der Waals surface area contributed by atoms with E-state index in [1.54, 1.807) is 13.8 Å². The Labute approximate surface area is 123 Å². The monoisotopic (exact) mass is 450 g/mol. The summed E-state index contributed by atoms with van der Waals surface area (Å²) in [6.45, 7) is 13.7. The van der Waals surface area contributed by atoms with Crippen LogP contribution in [0.15, 0.2) is 0 Å². The Balaban J connectivity index is 0. The Morgan fingerprint density at radius 2 is 1.05 bits per heavy atom. The van der Waals surface area contributed by atoms with Crippen LogP contribution >= 0.6 is 0 Å². The van der Waals surface area contributed by atoms with Crippen molar-refractivity contribution in [2.45, 2.75) is 47.1 Å². The van der Waals surface area contributed by atoms with Crippen LogP contribution < -0.4 is 5.73 Å². The van der Waals surface area contributed by atoms with E-state index in [4.69, 9.17) is 23.8 Å². The molecule has 0 bridgehead atoms. The van der Waals surface area contributed by atoms with E-state index in [0.29, 0.717) is 33.0 Å². The Morgan fingerprint density at radius 1 is 0.842 bits per heavy atom. The Morgan fingerprint density at radius 3 is 1.16 bits per heavy atom. The summed E-state index contributed by atoms with van der Waals surface area (Å²) in [5.74, 6) is 0. The van der Waals surface area contributed by atoms with Crippen LogP contribution in [0, 0.1) is 0 Å². The summed E-state index contributed by atoms with van der Waals surface area (Å²) in [4.78, 5) is 0. The van der Waals surface area contributed by atoms with Gasteiger partial charge >= 0.3 is 85.8 Å². The molecule has 0 aliphatic carbocycles. The molecule has 119 valence electrons. The molecule has 0 spiro atoms. The van der Waals surface area contributed by atoms with Gasteiger partial charge in [-0.1, -0.05) is 0 Å². The summed E-state index contributed by atoms with van der Waals surface area (Å²) in [5, 5.41) is 8.70. The molecular formula is C12H31NO5Ta. The molecule has 0 aromatic heterocycles. The van der Waals surface area contributed by atoms with E-state index in [1.807, 2.05) is 27.7 Å². The number of hydrogen-bond acceptors (Lipinski definition) is 6. The molecule has 7 heteroatoms. The van der Waals surface area contributed by atoms with E-state index in [9.17, 15) is 0 Å². The van der Waals surface area contributed by atoms with Gasteiger partial charge in [-0.2, -0.15) is 0 Å². The van der Waals surface area contributed by atoms with Crippen LogP contribution in [0.25, 0.3) is 0 Å². The van der Waals surface area contributed by atoms with Crippen molar-refractivity contribution in [3.8, 4) is 0 Å². The van der Waals surface area contributed by atoms with Gasteiger partial charge in [0.1, 0.15) is 0 Å². The van der Waals surface area contributed by atoms with Crippen LogP contribution in [0.1, 0.15) is 41.5 Å². The quantitative estimate of drug-likeness (QED) is 0.556. The Bertz CT molecular complexity index is 170. The van der Waals surface area contributed by atoms with E-state index in [0.717, 1.165) is 0 Å². The molecule has 0 heterocycles. The summed E-state index contributed by atoms with van der Waals surface area (Å²) in [6.07, 6.45) is 0. The second-order valence-electron chi connectivity index (χ2n) is 4.13. The topological polar surface area (TPSA) is 83.2 Å². The zero-order valence-electron chi connectivity index (χ0n) is 13.1. The first-order chi connectivity index (χ1) is 8.80. The molecule has 0 aromatic carbocycles. The summed E-state index contributed by atoms with van der Waals surface area (Å²) >= 11 is -3.62. The van der Waals surface area contributed by atoms with Crippen LogP contribution in [-0.4, -0.2) is 43.7 Å². The number of nitrogens with two attached hydrogens (primary N) is 1. The molecule has 3 N–H and O–H groups in total. The van der Waals surface area contributed by atoms with Gasteiger partial charge in [0.05, 0.1) is 5.60 Å². The molecule has 0 aliphatic heterocycles. The molecule has 0 rings (SSSR count). The van der Waals surface area contributed by atoms with Crippen molar-refractivity contribution in [3.05, 3.63) is 0 Å². The van der Waals surface area contributed by atoms with Crippen LogP contribution in [-0.2, 0) is 31.7 Å². The van der Waals surface area contributed by atoms with Crippen LogP contribution in [0.3, 0.4) is 0 Å². The molecule has 0 atom stereocenters. The third-order valence-electron chi connectivity index (χ3n) is 1.65. The minimum absolute atomic E-state index is 0.326. The van der Waals surface area contributed by atoms with E-state index in [2.05, 4.69) is 0 Å². The second-order valence-corrected chi connectivity index (χ2v) is 11.1. The summed E-state index contributed by atoms with van der Waals surface area (Å²) < 4.78 is 22.0. The normalized spacial score (nSPS) is 12.0. The SMILES string of the molecule is CC(C)(O)CN.CC[O][Ta]([O]CC)([O]CC)[O]CC. The molecule has 0 radical (unpaired) electrons. The summed E-state index contributed by atoms with van der Waals surface area (Å²) in [5.41, 5.74) is 4.38. The Hall–Kier alpha value is 0.500. The van der Waals surface area contributed by atoms with Crippen LogP contribution in [0.4, 0.5) is 0 Å². The predicted molar refractivity (Wildman–Crippen MR) is 71.9 cm³/mol. The van der Waals surface area contributed by atoms with Crippen molar-refractivity contribution >= 4 is 0 Å². The Kier molecular flexibility index (Phi) is 14.1. The van der Waals surface area contributed by atoms with E-state index in [1.165, 1.54) is 0 Å². The maximum atomic E-state index is 8.70. The summed E-state index contributed by atoms with van der Waals surface area (Å²) in [7, 11) is 0. The molecule has 0 fully saturated rings. The first kappa shape index (κ1) is 21.8. The fraction of sp³-hybridized carbons (Fsp3) is 1.00. The first-order valence-electron chi connectivity index (χ1n) is 6.70. The molecule has 6 nitrogen and oxygen atoms in total. The molecule has 0 aromatic rings. The molecule has 0 saturated carbocycles. The summed E-state index contributed by atoms with van der Waals surface area (Å²) in [6, 6.07) is 0. The van der Waals surface area contributed by atoms with Crippen LogP contribution in [0.2, 0.25) is 0 Å². The van der Waals surface area contributed by atoms with E-state index >= 15 is 0 Å². The predicted octanol–water partition coefficient (Wildman–Crippen LogP) is 1.66. The number of rotatable bonds is 9. The average molecular weight is 450 g/mol. The maximum absolute atomic E-state index is 8.70. The molecular weight excluding hydrogens is 419 g/mol. The van der Waals surface area contributed by atoms with Gasteiger partial charge in [0.25, 0.3) is 0 Å². The zero-order chi connectivity index (χ0) is 15.4.